The van der Waals surface area contributed by atoms with Gasteiger partial charge in [0.05, 0.1) is 0 Å². The highest BCUT2D eigenvalue weighted by molar-refractivity contribution is 5.78. The van der Waals surface area contributed by atoms with Crippen LogP contribution in [0, 0.1) is 0 Å². The zero-order valence-corrected chi connectivity index (χ0v) is 16.3. The Hall–Kier alpha value is -2.62. The van der Waals surface area contributed by atoms with E-state index in [0.717, 1.165) is 55.1 Å². The Balaban J connectivity index is 1.32. The second-order valence-electron chi connectivity index (χ2n) is 8.34. The van der Waals surface area contributed by atoms with Crippen molar-refractivity contribution in [2.75, 3.05) is 36.0 Å². The van der Waals surface area contributed by atoms with Crippen molar-refractivity contribution in [3.63, 3.8) is 0 Å². The van der Waals surface area contributed by atoms with Crippen molar-refractivity contribution >= 4 is 16.9 Å². The van der Waals surface area contributed by atoms with Crippen molar-refractivity contribution in [1.29, 1.82) is 0 Å². The van der Waals surface area contributed by atoms with E-state index < -0.39 is 0 Å². The summed E-state index contributed by atoms with van der Waals surface area (Å²) in [5, 5.41) is 21.1. The zero-order chi connectivity index (χ0) is 19.1. The topological polar surface area (TPSA) is 46.9 Å². The monoisotopic (exact) mass is 376 g/mol. The predicted octanol–water partition coefficient (Wildman–Crippen LogP) is 4.87. The number of aromatic hydroxyl groups is 2. The lowest BCUT2D eigenvalue weighted by atomic mass is 9.78. The van der Waals surface area contributed by atoms with E-state index in [1.165, 1.54) is 31.3 Å². The van der Waals surface area contributed by atoms with Crippen LogP contribution < -0.4 is 9.80 Å². The van der Waals surface area contributed by atoms with Crippen LogP contribution in [0.25, 0.3) is 5.57 Å². The van der Waals surface area contributed by atoms with E-state index in [9.17, 15) is 10.2 Å². The van der Waals surface area contributed by atoms with Crippen molar-refractivity contribution < 1.29 is 10.2 Å². The Morgan fingerprint density at radius 1 is 0.714 bits per heavy atom. The molecule has 2 saturated heterocycles. The maximum Gasteiger partial charge on any atom is 0.125 e. The largest absolute Gasteiger partial charge is 0.508 e. The number of phenols is 2. The molecule has 5 rings (SSSR count). The molecular formula is C24H28N2O2. The average molecular weight is 377 g/mol. The highest BCUT2D eigenvalue weighted by atomic mass is 16.3. The molecule has 3 aliphatic rings. The minimum atomic E-state index is 0.222. The molecule has 4 nitrogen and oxygen atoms in total. The van der Waals surface area contributed by atoms with E-state index in [4.69, 9.17) is 0 Å². The molecule has 28 heavy (non-hydrogen) atoms. The van der Waals surface area contributed by atoms with E-state index in [2.05, 4.69) is 34.1 Å². The van der Waals surface area contributed by atoms with Crippen LogP contribution in [0.5, 0.6) is 11.5 Å². The minimum absolute atomic E-state index is 0.222. The van der Waals surface area contributed by atoms with Crippen molar-refractivity contribution in [2.24, 2.45) is 0 Å². The third-order valence-electron chi connectivity index (χ3n) is 6.53. The first-order chi connectivity index (χ1) is 13.7. The van der Waals surface area contributed by atoms with Gasteiger partial charge in [0.1, 0.15) is 11.5 Å². The Morgan fingerprint density at radius 3 is 1.79 bits per heavy atom. The molecule has 2 fully saturated rings. The zero-order valence-electron chi connectivity index (χ0n) is 16.3. The van der Waals surface area contributed by atoms with Gasteiger partial charge in [-0.2, -0.15) is 0 Å². The normalized spacial score (nSPS) is 21.7. The van der Waals surface area contributed by atoms with Crippen molar-refractivity contribution in [1.82, 2.24) is 0 Å². The number of allylic oxidation sites excluding steroid dienone is 2. The molecule has 0 spiro atoms. The van der Waals surface area contributed by atoms with Gasteiger partial charge in [0.15, 0.2) is 0 Å². The smallest absolute Gasteiger partial charge is 0.125 e. The summed E-state index contributed by atoms with van der Waals surface area (Å²) in [5.74, 6) is 0.973. The van der Waals surface area contributed by atoms with Crippen LogP contribution in [-0.4, -0.2) is 36.4 Å². The Bertz CT molecular complexity index is 909. The summed E-state index contributed by atoms with van der Waals surface area (Å²) in [6.45, 7) is 4.32. The van der Waals surface area contributed by atoms with Gasteiger partial charge in [-0.3, -0.25) is 0 Å². The Morgan fingerprint density at radius 2 is 1.25 bits per heavy atom. The maximum absolute atomic E-state index is 10.5. The van der Waals surface area contributed by atoms with Gasteiger partial charge in [-0.1, -0.05) is 12.1 Å². The quantitative estimate of drug-likeness (QED) is 0.799. The molecule has 4 heteroatoms. The van der Waals surface area contributed by atoms with Gasteiger partial charge in [-0.15, -0.1) is 0 Å². The summed E-state index contributed by atoms with van der Waals surface area (Å²) in [7, 11) is 0. The van der Waals surface area contributed by atoms with Gasteiger partial charge < -0.3 is 20.0 Å². The van der Waals surface area contributed by atoms with Crippen LogP contribution in [0.4, 0.5) is 11.4 Å². The average Bonchev–Trinajstić information content (AvgIpc) is 3.37. The van der Waals surface area contributed by atoms with Crippen LogP contribution in [0.1, 0.15) is 49.1 Å². The molecule has 2 aliphatic heterocycles. The van der Waals surface area contributed by atoms with Crippen LogP contribution in [-0.2, 0) is 0 Å². The van der Waals surface area contributed by atoms with E-state index in [1.807, 2.05) is 18.2 Å². The fourth-order valence-corrected chi connectivity index (χ4v) is 4.83. The first kappa shape index (κ1) is 17.5. The summed E-state index contributed by atoms with van der Waals surface area (Å²) < 4.78 is 0. The van der Waals surface area contributed by atoms with Gasteiger partial charge in [-0.05, 0) is 55.9 Å². The van der Waals surface area contributed by atoms with Crippen LogP contribution in [0.3, 0.4) is 0 Å². The number of hydrogen-bond donors (Lipinski definition) is 2. The molecule has 146 valence electrons. The van der Waals surface area contributed by atoms with Crippen LogP contribution in [0.15, 0.2) is 42.5 Å². The molecule has 2 aromatic carbocycles. The number of rotatable bonds is 4. The SMILES string of the molecule is Oc1cc(N2CCCC2)ccc1C1=CC(c2ccc(N3CCCC3)cc2O)C1. The first-order valence-corrected chi connectivity index (χ1v) is 10.6. The summed E-state index contributed by atoms with van der Waals surface area (Å²) >= 11 is 0. The molecule has 0 bridgehead atoms. The lowest BCUT2D eigenvalue weighted by Crippen LogP contribution is -2.18. The summed E-state index contributed by atoms with van der Waals surface area (Å²) in [6.07, 6.45) is 7.96. The molecule has 1 atom stereocenters. The number of hydrogen-bond acceptors (Lipinski definition) is 4. The molecule has 1 unspecified atom stereocenters. The number of phenolic OH excluding ortho intramolecular Hbond substituents is 2. The van der Waals surface area contributed by atoms with Crippen LogP contribution >= 0.6 is 0 Å². The molecule has 0 amide bonds. The van der Waals surface area contributed by atoms with Gasteiger partial charge in [-0.25, -0.2) is 0 Å². The van der Waals surface area contributed by atoms with E-state index in [0.29, 0.717) is 11.5 Å². The van der Waals surface area contributed by atoms with Crippen molar-refractivity contribution in [3.8, 4) is 11.5 Å². The molecule has 2 aromatic rings. The van der Waals surface area contributed by atoms with Crippen molar-refractivity contribution in [2.45, 2.75) is 38.0 Å². The lowest BCUT2D eigenvalue weighted by molar-refractivity contribution is 0.464. The van der Waals surface area contributed by atoms with E-state index in [-0.39, 0.29) is 5.92 Å². The molecule has 1 aliphatic carbocycles. The number of nitrogens with zero attached hydrogens (tertiary/aromatic N) is 2. The van der Waals surface area contributed by atoms with Crippen LogP contribution in [0.2, 0.25) is 0 Å². The summed E-state index contributed by atoms with van der Waals surface area (Å²) in [6, 6.07) is 12.2. The molecule has 0 aromatic heterocycles. The fraction of sp³-hybridized carbons (Fsp3) is 0.417. The van der Waals surface area contributed by atoms with E-state index >= 15 is 0 Å². The van der Waals surface area contributed by atoms with Crippen molar-refractivity contribution in [3.05, 3.63) is 53.6 Å². The van der Waals surface area contributed by atoms with Gasteiger partial charge in [0.25, 0.3) is 0 Å². The molecule has 0 radical (unpaired) electrons. The highest BCUT2D eigenvalue weighted by Gasteiger charge is 2.27. The van der Waals surface area contributed by atoms with Gasteiger partial charge in [0.2, 0.25) is 0 Å². The predicted molar refractivity (Wildman–Crippen MR) is 114 cm³/mol. The molecule has 0 saturated carbocycles. The van der Waals surface area contributed by atoms with Gasteiger partial charge >= 0.3 is 0 Å². The molecule has 2 heterocycles. The molecule has 2 N–H and O–H groups in total. The molecular weight excluding hydrogens is 348 g/mol. The number of anilines is 2. The van der Waals surface area contributed by atoms with Gasteiger partial charge in [0, 0.05) is 66.7 Å². The maximum atomic E-state index is 10.5. The first-order valence-electron chi connectivity index (χ1n) is 10.6. The second-order valence-corrected chi connectivity index (χ2v) is 8.34. The highest BCUT2D eigenvalue weighted by Crippen LogP contribution is 2.46. The standard InChI is InChI=1S/C24H28N2O2/c27-23-15-19(25-9-1-2-10-25)5-7-21(23)17-13-18(14-17)22-8-6-20(16-24(22)28)26-11-3-4-12-26/h5-8,13,15-17,27-28H,1-4,9-12,14H2. The second kappa shape index (κ2) is 7.08. The third-order valence-corrected chi connectivity index (χ3v) is 6.53. The Kier molecular flexibility index (Phi) is 4.42. The van der Waals surface area contributed by atoms with E-state index in [1.54, 1.807) is 0 Å². The Labute approximate surface area is 166 Å². The summed E-state index contributed by atoms with van der Waals surface area (Å²) in [5.41, 5.74) is 5.31. The lowest BCUT2D eigenvalue weighted by Gasteiger charge is -2.28. The summed E-state index contributed by atoms with van der Waals surface area (Å²) in [4.78, 5) is 4.67. The number of benzene rings is 2. The minimum Gasteiger partial charge on any atom is -0.508 e. The fourth-order valence-electron chi connectivity index (χ4n) is 4.83. The third kappa shape index (κ3) is 3.11.